The van der Waals surface area contributed by atoms with Gasteiger partial charge in [-0.3, -0.25) is 0 Å². The van der Waals surface area contributed by atoms with Crippen molar-refractivity contribution in [2.75, 3.05) is 13.2 Å². The summed E-state index contributed by atoms with van der Waals surface area (Å²) in [5.41, 5.74) is 0.633. The maximum Gasteiger partial charge on any atom is 0.410 e. The molecule has 0 radical (unpaired) electrons. The maximum absolute atomic E-state index is 12.4. The summed E-state index contributed by atoms with van der Waals surface area (Å²) < 4.78 is 12.1. The zero-order valence-electron chi connectivity index (χ0n) is 14.8. The lowest BCUT2D eigenvalue weighted by atomic mass is 10.0. The number of aromatic nitrogens is 1. The minimum Gasteiger partial charge on any atom is -0.444 e. The molecular weight excluding hydrogens is 372 g/mol. The van der Waals surface area contributed by atoms with Gasteiger partial charge in [-0.2, -0.15) is 0 Å². The van der Waals surface area contributed by atoms with E-state index in [1.54, 1.807) is 6.20 Å². The molecule has 1 aromatic heterocycles. The molecule has 1 aliphatic rings. The predicted molar refractivity (Wildman–Crippen MR) is 96.8 cm³/mol. The Hall–Kier alpha value is -1.14. The van der Waals surface area contributed by atoms with Crippen LogP contribution in [0.5, 0.6) is 0 Å². The smallest absolute Gasteiger partial charge is 0.410 e. The summed E-state index contributed by atoms with van der Waals surface area (Å²) in [6.07, 6.45) is 5.61. The molecule has 24 heavy (non-hydrogen) atoms. The van der Waals surface area contributed by atoms with Crippen LogP contribution in [0.3, 0.4) is 0 Å². The molecule has 1 saturated heterocycles. The number of pyridine rings is 1. The van der Waals surface area contributed by atoms with Crippen LogP contribution in [-0.4, -0.2) is 40.8 Å². The molecule has 2 rings (SSSR count). The number of hydrogen-bond acceptors (Lipinski definition) is 4. The normalized spacial score (nSPS) is 18.5. The average Bonchev–Trinajstić information content (AvgIpc) is 2.50. The SMILES string of the molecule is CC(C)(C)OC(=O)N1CCCCC1CCOCc1ccnc(Br)c1. The quantitative estimate of drug-likeness (QED) is 0.539. The fourth-order valence-corrected chi connectivity index (χ4v) is 3.22. The number of hydrogen-bond donors (Lipinski definition) is 0. The van der Waals surface area contributed by atoms with E-state index in [9.17, 15) is 4.79 Å². The van der Waals surface area contributed by atoms with Crippen molar-refractivity contribution in [3.05, 3.63) is 28.5 Å². The van der Waals surface area contributed by atoms with E-state index in [-0.39, 0.29) is 12.1 Å². The van der Waals surface area contributed by atoms with Gasteiger partial charge in [0, 0.05) is 25.4 Å². The third kappa shape index (κ3) is 6.40. The second-order valence-electron chi connectivity index (χ2n) is 7.15. The van der Waals surface area contributed by atoms with Crippen molar-refractivity contribution in [3.8, 4) is 0 Å². The van der Waals surface area contributed by atoms with Gasteiger partial charge in [0.1, 0.15) is 10.2 Å². The minimum atomic E-state index is -0.454. The molecule has 1 amide bonds. The molecule has 1 fully saturated rings. The molecule has 0 N–H and O–H groups in total. The van der Waals surface area contributed by atoms with E-state index in [2.05, 4.69) is 20.9 Å². The van der Waals surface area contributed by atoms with Crippen LogP contribution < -0.4 is 0 Å². The van der Waals surface area contributed by atoms with Gasteiger partial charge >= 0.3 is 6.09 Å². The highest BCUT2D eigenvalue weighted by molar-refractivity contribution is 9.10. The molecule has 5 nitrogen and oxygen atoms in total. The lowest BCUT2D eigenvalue weighted by Crippen LogP contribution is -2.46. The molecule has 0 aromatic carbocycles. The summed E-state index contributed by atoms with van der Waals surface area (Å²) in [6, 6.07) is 4.10. The van der Waals surface area contributed by atoms with E-state index < -0.39 is 5.60 Å². The molecule has 1 aliphatic heterocycles. The molecule has 1 aromatic rings. The first-order chi connectivity index (χ1) is 11.3. The lowest BCUT2D eigenvalue weighted by molar-refractivity contribution is 0.00378. The van der Waals surface area contributed by atoms with E-state index in [1.807, 2.05) is 37.8 Å². The fraction of sp³-hybridized carbons (Fsp3) is 0.667. The van der Waals surface area contributed by atoms with Crippen LogP contribution in [0.2, 0.25) is 0 Å². The molecule has 6 heteroatoms. The Morgan fingerprint density at radius 1 is 1.42 bits per heavy atom. The summed E-state index contributed by atoms with van der Waals surface area (Å²) in [6.45, 7) is 7.67. The summed E-state index contributed by atoms with van der Waals surface area (Å²) >= 11 is 3.36. The molecular formula is C18H27BrN2O3. The third-order valence-corrected chi connectivity index (χ3v) is 4.34. The Bertz CT molecular complexity index is 545. The summed E-state index contributed by atoms with van der Waals surface area (Å²) in [5.74, 6) is 0. The molecule has 0 spiro atoms. The Kier molecular flexibility index (Phi) is 7.04. The zero-order valence-corrected chi connectivity index (χ0v) is 16.3. The van der Waals surface area contributed by atoms with Gasteiger partial charge in [0.25, 0.3) is 0 Å². The number of amides is 1. The molecule has 0 aliphatic carbocycles. The van der Waals surface area contributed by atoms with E-state index >= 15 is 0 Å². The lowest BCUT2D eigenvalue weighted by Gasteiger charge is -2.36. The topological polar surface area (TPSA) is 51.7 Å². The molecule has 1 unspecified atom stereocenters. The monoisotopic (exact) mass is 398 g/mol. The Morgan fingerprint density at radius 3 is 2.92 bits per heavy atom. The Balaban J connectivity index is 1.79. The van der Waals surface area contributed by atoms with Gasteiger partial charge in [-0.15, -0.1) is 0 Å². The van der Waals surface area contributed by atoms with Crippen molar-refractivity contribution in [1.29, 1.82) is 0 Å². The van der Waals surface area contributed by atoms with Crippen LogP contribution in [-0.2, 0) is 16.1 Å². The second-order valence-corrected chi connectivity index (χ2v) is 7.96. The standard InChI is InChI=1S/C18H27BrN2O3/c1-18(2,3)24-17(22)21-10-5-4-6-15(21)8-11-23-13-14-7-9-20-16(19)12-14/h7,9,12,15H,4-6,8,10-11,13H2,1-3H3. The largest absolute Gasteiger partial charge is 0.444 e. The Labute approximate surface area is 152 Å². The predicted octanol–water partition coefficient (Wildman–Crippen LogP) is 4.54. The first kappa shape index (κ1) is 19.2. The van der Waals surface area contributed by atoms with Crippen LogP contribution in [0.4, 0.5) is 4.79 Å². The number of carbonyl (C=O) groups is 1. The van der Waals surface area contributed by atoms with Gasteiger partial charge in [0.05, 0.1) is 6.61 Å². The highest BCUT2D eigenvalue weighted by Crippen LogP contribution is 2.22. The Morgan fingerprint density at radius 2 is 2.21 bits per heavy atom. The van der Waals surface area contributed by atoms with Crippen LogP contribution in [0.1, 0.15) is 52.0 Å². The number of nitrogens with zero attached hydrogens (tertiary/aromatic N) is 2. The molecule has 0 saturated carbocycles. The number of carbonyl (C=O) groups excluding carboxylic acids is 1. The first-order valence-electron chi connectivity index (χ1n) is 8.53. The van der Waals surface area contributed by atoms with E-state index in [0.29, 0.717) is 13.2 Å². The van der Waals surface area contributed by atoms with Crippen molar-refractivity contribution in [3.63, 3.8) is 0 Å². The molecule has 134 valence electrons. The third-order valence-electron chi connectivity index (χ3n) is 3.91. The molecule has 0 bridgehead atoms. The second kappa shape index (κ2) is 8.81. The maximum atomic E-state index is 12.4. The molecule has 2 heterocycles. The number of halogens is 1. The van der Waals surface area contributed by atoms with E-state index in [1.165, 1.54) is 0 Å². The number of rotatable bonds is 5. The summed E-state index contributed by atoms with van der Waals surface area (Å²) in [5, 5.41) is 0. The van der Waals surface area contributed by atoms with Crippen molar-refractivity contribution >= 4 is 22.0 Å². The van der Waals surface area contributed by atoms with Gasteiger partial charge in [-0.05, 0) is 80.1 Å². The van der Waals surface area contributed by atoms with Crippen molar-refractivity contribution < 1.29 is 14.3 Å². The summed E-state index contributed by atoms with van der Waals surface area (Å²) in [4.78, 5) is 18.3. The highest BCUT2D eigenvalue weighted by atomic mass is 79.9. The number of piperidine rings is 1. The van der Waals surface area contributed by atoms with Gasteiger partial charge in [0.15, 0.2) is 0 Å². The minimum absolute atomic E-state index is 0.203. The van der Waals surface area contributed by atoms with E-state index in [0.717, 1.165) is 42.4 Å². The average molecular weight is 399 g/mol. The molecule has 1 atom stereocenters. The number of ether oxygens (including phenoxy) is 2. The van der Waals surface area contributed by atoms with Crippen LogP contribution >= 0.6 is 15.9 Å². The van der Waals surface area contributed by atoms with Gasteiger partial charge in [0.2, 0.25) is 0 Å². The van der Waals surface area contributed by atoms with Crippen LogP contribution in [0.15, 0.2) is 22.9 Å². The van der Waals surface area contributed by atoms with Crippen molar-refractivity contribution in [1.82, 2.24) is 9.88 Å². The van der Waals surface area contributed by atoms with Gasteiger partial charge in [-0.1, -0.05) is 0 Å². The zero-order chi connectivity index (χ0) is 17.6. The van der Waals surface area contributed by atoms with Crippen molar-refractivity contribution in [2.45, 2.75) is 64.7 Å². The first-order valence-corrected chi connectivity index (χ1v) is 9.32. The number of likely N-dealkylation sites (tertiary alicyclic amines) is 1. The van der Waals surface area contributed by atoms with Gasteiger partial charge < -0.3 is 14.4 Å². The van der Waals surface area contributed by atoms with Gasteiger partial charge in [-0.25, -0.2) is 9.78 Å². The van der Waals surface area contributed by atoms with Crippen LogP contribution in [0.25, 0.3) is 0 Å². The van der Waals surface area contributed by atoms with E-state index in [4.69, 9.17) is 9.47 Å². The fourth-order valence-electron chi connectivity index (χ4n) is 2.80. The summed E-state index contributed by atoms with van der Waals surface area (Å²) in [7, 11) is 0. The highest BCUT2D eigenvalue weighted by Gasteiger charge is 2.30. The van der Waals surface area contributed by atoms with Crippen molar-refractivity contribution in [2.24, 2.45) is 0 Å². The van der Waals surface area contributed by atoms with Crippen LogP contribution in [0, 0.1) is 0 Å².